The number of anilines is 2. The predicted molar refractivity (Wildman–Crippen MR) is 94.0 cm³/mol. The van der Waals surface area contributed by atoms with Crippen LogP contribution < -0.4 is 10.2 Å². The highest BCUT2D eigenvalue weighted by molar-refractivity contribution is 6.03. The Labute approximate surface area is 137 Å². The fourth-order valence-electron chi connectivity index (χ4n) is 2.40. The number of rotatable bonds is 7. The van der Waals surface area contributed by atoms with Crippen LogP contribution in [0.5, 0.6) is 0 Å². The maximum absolute atomic E-state index is 12.4. The van der Waals surface area contributed by atoms with Crippen LogP contribution in [0, 0.1) is 6.92 Å². The van der Waals surface area contributed by atoms with Gasteiger partial charge in [0.15, 0.2) is 0 Å². The van der Waals surface area contributed by atoms with Crippen LogP contribution in [0.2, 0.25) is 0 Å². The zero-order valence-corrected chi connectivity index (χ0v) is 14.0. The first-order chi connectivity index (χ1) is 11.1. The average molecular weight is 312 g/mol. The zero-order valence-electron chi connectivity index (χ0n) is 14.0. The molecule has 0 aliphatic heterocycles. The third-order valence-corrected chi connectivity index (χ3v) is 3.42. The molecule has 23 heavy (non-hydrogen) atoms. The third kappa shape index (κ3) is 4.77. The van der Waals surface area contributed by atoms with Gasteiger partial charge in [-0.25, -0.2) is 9.97 Å². The van der Waals surface area contributed by atoms with E-state index in [1.807, 2.05) is 31.2 Å². The van der Waals surface area contributed by atoms with Gasteiger partial charge < -0.3 is 10.2 Å². The normalized spacial score (nSPS) is 10.4. The summed E-state index contributed by atoms with van der Waals surface area (Å²) in [5.74, 6) is 0.401. The van der Waals surface area contributed by atoms with Crippen molar-refractivity contribution in [3.63, 3.8) is 0 Å². The lowest BCUT2D eigenvalue weighted by Crippen LogP contribution is -2.27. The zero-order chi connectivity index (χ0) is 16.7. The molecule has 5 nitrogen and oxygen atoms in total. The second-order valence-electron chi connectivity index (χ2n) is 5.55. The van der Waals surface area contributed by atoms with Gasteiger partial charge in [-0.05, 0) is 43.5 Å². The highest BCUT2D eigenvalue weighted by Crippen LogP contribution is 2.13. The summed E-state index contributed by atoms with van der Waals surface area (Å²) in [4.78, 5) is 23.3. The predicted octanol–water partition coefficient (Wildman–Crippen LogP) is 3.66. The minimum absolute atomic E-state index is 0.216. The van der Waals surface area contributed by atoms with Crippen molar-refractivity contribution >= 4 is 17.5 Å². The third-order valence-electron chi connectivity index (χ3n) is 3.42. The van der Waals surface area contributed by atoms with Gasteiger partial charge in [0, 0.05) is 25.0 Å². The van der Waals surface area contributed by atoms with E-state index >= 15 is 0 Å². The summed E-state index contributed by atoms with van der Waals surface area (Å²) in [5.41, 5.74) is 2.26. The number of carbonyl (C=O) groups excluding carboxylic acids is 1. The largest absolute Gasteiger partial charge is 0.341 e. The first kappa shape index (κ1) is 16.9. The Morgan fingerprint density at radius 2 is 1.91 bits per heavy atom. The Morgan fingerprint density at radius 1 is 1.17 bits per heavy atom. The first-order valence-electron chi connectivity index (χ1n) is 8.10. The molecule has 0 saturated carbocycles. The van der Waals surface area contributed by atoms with Gasteiger partial charge in [0.1, 0.15) is 5.69 Å². The van der Waals surface area contributed by atoms with Crippen LogP contribution in [0.4, 0.5) is 11.6 Å². The van der Waals surface area contributed by atoms with Crippen LogP contribution in [0.15, 0.2) is 36.5 Å². The van der Waals surface area contributed by atoms with E-state index in [2.05, 4.69) is 34.0 Å². The van der Waals surface area contributed by atoms with E-state index in [1.165, 1.54) is 0 Å². The standard InChI is InChI=1S/C18H24N4O/c1-4-11-22(12-5-2)18-19-10-9-16(21-18)17(23)20-15-8-6-7-14(3)13-15/h6-10,13H,4-5,11-12H2,1-3H3,(H,20,23). The van der Waals surface area contributed by atoms with Crippen molar-refractivity contribution in [2.75, 3.05) is 23.3 Å². The maximum Gasteiger partial charge on any atom is 0.274 e. The molecule has 0 spiro atoms. The Kier molecular flexibility index (Phi) is 6.09. The van der Waals surface area contributed by atoms with Crippen molar-refractivity contribution in [3.8, 4) is 0 Å². The molecule has 1 heterocycles. The summed E-state index contributed by atoms with van der Waals surface area (Å²) in [6.45, 7) is 8.01. The van der Waals surface area contributed by atoms with Gasteiger partial charge in [0.25, 0.3) is 5.91 Å². The van der Waals surface area contributed by atoms with Crippen LogP contribution in [-0.2, 0) is 0 Å². The first-order valence-corrected chi connectivity index (χ1v) is 8.10. The van der Waals surface area contributed by atoms with Gasteiger partial charge in [-0.15, -0.1) is 0 Å². The number of hydrogen-bond donors (Lipinski definition) is 1. The molecule has 1 aromatic carbocycles. The van der Waals surface area contributed by atoms with Crippen LogP contribution in [0.25, 0.3) is 0 Å². The number of carbonyl (C=O) groups is 1. The van der Waals surface area contributed by atoms with Crippen LogP contribution >= 0.6 is 0 Å². The Bertz CT molecular complexity index is 651. The van der Waals surface area contributed by atoms with Crippen LogP contribution in [0.3, 0.4) is 0 Å². The molecule has 0 unspecified atom stereocenters. The quantitative estimate of drug-likeness (QED) is 0.847. The minimum Gasteiger partial charge on any atom is -0.341 e. The van der Waals surface area contributed by atoms with E-state index in [-0.39, 0.29) is 5.91 Å². The maximum atomic E-state index is 12.4. The highest BCUT2D eigenvalue weighted by Gasteiger charge is 2.13. The fraction of sp³-hybridized carbons (Fsp3) is 0.389. The van der Waals surface area contributed by atoms with Crippen LogP contribution in [0.1, 0.15) is 42.7 Å². The number of hydrogen-bond acceptors (Lipinski definition) is 4. The van der Waals surface area contributed by atoms with Crippen molar-refractivity contribution in [1.82, 2.24) is 9.97 Å². The molecular weight excluding hydrogens is 288 g/mol. The molecule has 0 saturated heterocycles. The summed E-state index contributed by atoms with van der Waals surface area (Å²) in [6, 6.07) is 9.35. The fourth-order valence-corrected chi connectivity index (χ4v) is 2.40. The molecule has 2 aromatic rings. The highest BCUT2D eigenvalue weighted by atomic mass is 16.1. The van der Waals surface area contributed by atoms with E-state index in [4.69, 9.17) is 0 Å². The van der Waals surface area contributed by atoms with E-state index in [0.29, 0.717) is 11.6 Å². The number of aromatic nitrogens is 2. The van der Waals surface area contributed by atoms with Crippen LogP contribution in [-0.4, -0.2) is 29.0 Å². The topological polar surface area (TPSA) is 58.1 Å². The molecule has 0 aliphatic rings. The summed E-state index contributed by atoms with van der Waals surface area (Å²) >= 11 is 0. The number of aryl methyl sites for hydroxylation is 1. The molecule has 0 radical (unpaired) electrons. The SMILES string of the molecule is CCCN(CCC)c1nccc(C(=O)Nc2cccc(C)c2)n1. The lowest BCUT2D eigenvalue weighted by Gasteiger charge is -2.21. The number of nitrogens with zero attached hydrogens (tertiary/aromatic N) is 3. The van der Waals surface area contributed by atoms with Gasteiger partial charge >= 0.3 is 0 Å². The van der Waals surface area contributed by atoms with E-state index in [1.54, 1.807) is 12.3 Å². The van der Waals surface area contributed by atoms with Crippen molar-refractivity contribution in [2.24, 2.45) is 0 Å². The summed E-state index contributed by atoms with van der Waals surface area (Å²) < 4.78 is 0. The minimum atomic E-state index is -0.216. The number of amides is 1. The summed E-state index contributed by atoms with van der Waals surface area (Å²) in [7, 11) is 0. The Balaban J connectivity index is 2.16. The van der Waals surface area contributed by atoms with Gasteiger partial charge in [-0.1, -0.05) is 26.0 Å². The second-order valence-corrected chi connectivity index (χ2v) is 5.55. The molecule has 122 valence electrons. The summed E-state index contributed by atoms with van der Waals surface area (Å²) in [6.07, 6.45) is 3.68. The second kappa shape index (κ2) is 8.27. The smallest absolute Gasteiger partial charge is 0.274 e. The molecule has 0 bridgehead atoms. The van der Waals surface area contributed by atoms with Gasteiger partial charge in [0.05, 0.1) is 0 Å². The molecule has 1 amide bonds. The Hall–Kier alpha value is -2.43. The van der Waals surface area contributed by atoms with Gasteiger partial charge in [-0.2, -0.15) is 0 Å². The van der Waals surface area contributed by atoms with Crippen molar-refractivity contribution in [1.29, 1.82) is 0 Å². The molecule has 1 N–H and O–H groups in total. The monoisotopic (exact) mass is 312 g/mol. The Morgan fingerprint density at radius 3 is 2.57 bits per heavy atom. The molecule has 5 heteroatoms. The molecule has 0 atom stereocenters. The van der Waals surface area contributed by atoms with Gasteiger partial charge in [0.2, 0.25) is 5.95 Å². The molecule has 1 aromatic heterocycles. The van der Waals surface area contributed by atoms with E-state index in [0.717, 1.165) is 37.2 Å². The summed E-state index contributed by atoms with van der Waals surface area (Å²) in [5, 5.41) is 2.88. The molecule has 0 aliphatic carbocycles. The lowest BCUT2D eigenvalue weighted by atomic mass is 10.2. The molecular formula is C18H24N4O. The van der Waals surface area contributed by atoms with E-state index in [9.17, 15) is 4.79 Å². The van der Waals surface area contributed by atoms with Crippen molar-refractivity contribution < 1.29 is 4.79 Å². The van der Waals surface area contributed by atoms with Crippen molar-refractivity contribution in [2.45, 2.75) is 33.6 Å². The van der Waals surface area contributed by atoms with Crippen molar-refractivity contribution in [3.05, 3.63) is 47.8 Å². The number of nitrogens with one attached hydrogen (secondary N) is 1. The number of benzene rings is 1. The van der Waals surface area contributed by atoms with Gasteiger partial charge in [-0.3, -0.25) is 4.79 Å². The van der Waals surface area contributed by atoms with E-state index < -0.39 is 0 Å². The lowest BCUT2D eigenvalue weighted by molar-refractivity contribution is 0.102. The molecule has 2 rings (SSSR count). The molecule has 0 fully saturated rings. The average Bonchev–Trinajstić information content (AvgIpc) is 2.55.